The molecule has 2 rings (SSSR count). The first-order valence-corrected chi connectivity index (χ1v) is 5.80. The Labute approximate surface area is 91.3 Å². The summed E-state index contributed by atoms with van der Waals surface area (Å²) < 4.78 is 0. The molecule has 1 aliphatic heterocycles. The van der Waals surface area contributed by atoms with Crippen molar-refractivity contribution in [1.29, 1.82) is 10.5 Å². The van der Waals surface area contributed by atoms with E-state index in [1.807, 2.05) is 0 Å². The molecule has 0 aromatic rings. The monoisotopic (exact) mass is 203 g/mol. The smallest absolute Gasteiger partial charge is 0.0978 e. The van der Waals surface area contributed by atoms with Gasteiger partial charge in [-0.1, -0.05) is 0 Å². The average Bonchev–Trinajstić information content (AvgIpc) is 2.99. The fourth-order valence-electron chi connectivity index (χ4n) is 2.49. The van der Waals surface area contributed by atoms with E-state index < -0.39 is 0 Å². The molecule has 2 aliphatic rings. The van der Waals surface area contributed by atoms with Crippen LogP contribution in [-0.4, -0.2) is 24.0 Å². The number of piperidine rings is 1. The van der Waals surface area contributed by atoms with Gasteiger partial charge < -0.3 is 0 Å². The molecule has 3 heteroatoms. The second-order valence-corrected chi connectivity index (χ2v) is 4.95. The highest BCUT2D eigenvalue weighted by Crippen LogP contribution is 2.49. The molecule has 1 unspecified atom stereocenters. The van der Waals surface area contributed by atoms with Crippen LogP contribution in [0.1, 0.15) is 38.5 Å². The first-order chi connectivity index (χ1) is 7.29. The summed E-state index contributed by atoms with van der Waals surface area (Å²) in [6.07, 6.45) is 6.42. The Balaban J connectivity index is 1.93. The summed E-state index contributed by atoms with van der Waals surface area (Å²) in [6.45, 7) is 2.02. The van der Waals surface area contributed by atoms with Crippen LogP contribution < -0.4 is 0 Å². The minimum absolute atomic E-state index is 0.106. The maximum Gasteiger partial charge on any atom is 0.0978 e. The summed E-state index contributed by atoms with van der Waals surface area (Å²) in [5.41, 5.74) is 0.251. The maximum absolute atomic E-state index is 9.05. The van der Waals surface area contributed by atoms with Gasteiger partial charge in [0.1, 0.15) is 0 Å². The first kappa shape index (κ1) is 10.5. The quantitative estimate of drug-likeness (QED) is 0.705. The lowest BCUT2D eigenvalue weighted by atomic mass is 9.97. The lowest BCUT2D eigenvalue weighted by Gasteiger charge is -2.33. The van der Waals surface area contributed by atoms with Crippen molar-refractivity contribution in [3.05, 3.63) is 0 Å². The summed E-state index contributed by atoms with van der Waals surface area (Å²) in [7, 11) is 0. The molecule has 0 N–H and O–H groups in total. The minimum Gasteiger partial charge on any atom is -0.287 e. The van der Waals surface area contributed by atoms with Gasteiger partial charge in [0.25, 0.3) is 0 Å². The zero-order valence-corrected chi connectivity index (χ0v) is 9.08. The lowest BCUT2D eigenvalue weighted by Crippen LogP contribution is -2.42. The van der Waals surface area contributed by atoms with Gasteiger partial charge in [-0.15, -0.1) is 0 Å². The zero-order valence-electron chi connectivity index (χ0n) is 9.08. The fraction of sp³-hybridized carbons (Fsp3) is 0.833. The standard InChI is InChI=1S/C12H17N3/c13-7-6-12(4-5-12)10-15-8-2-1-3-11(15)9-14/h11H,1-6,8,10H2. The molecule has 1 atom stereocenters. The van der Waals surface area contributed by atoms with Crippen LogP contribution in [-0.2, 0) is 0 Å². The van der Waals surface area contributed by atoms with E-state index in [0.29, 0.717) is 6.42 Å². The summed E-state index contributed by atoms with van der Waals surface area (Å²) in [5, 5.41) is 17.8. The number of likely N-dealkylation sites (tertiary alicyclic amines) is 1. The number of hydrogen-bond donors (Lipinski definition) is 0. The highest BCUT2D eigenvalue weighted by atomic mass is 15.2. The SMILES string of the molecule is N#CCC1(CN2CCCCC2C#N)CC1. The van der Waals surface area contributed by atoms with Crippen molar-refractivity contribution in [1.82, 2.24) is 4.90 Å². The number of rotatable bonds is 3. The molecule has 0 bridgehead atoms. The van der Waals surface area contributed by atoms with Gasteiger partial charge in [-0.25, -0.2) is 0 Å². The van der Waals surface area contributed by atoms with Gasteiger partial charge in [-0.05, 0) is 44.1 Å². The number of nitrogens with zero attached hydrogens (tertiary/aromatic N) is 3. The van der Waals surface area contributed by atoms with Gasteiger partial charge >= 0.3 is 0 Å². The third-order valence-corrected chi connectivity index (χ3v) is 3.71. The minimum atomic E-state index is 0.106. The molecule has 0 amide bonds. The largest absolute Gasteiger partial charge is 0.287 e. The predicted octanol–water partition coefficient (Wildman–Crippen LogP) is 2.06. The highest BCUT2D eigenvalue weighted by molar-refractivity contribution is 5.04. The Morgan fingerprint density at radius 3 is 2.67 bits per heavy atom. The second kappa shape index (κ2) is 4.21. The van der Waals surface area contributed by atoms with Crippen molar-refractivity contribution in [2.75, 3.05) is 13.1 Å². The molecule has 80 valence electrons. The molecule has 2 fully saturated rings. The Hall–Kier alpha value is -1.06. The van der Waals surface area contributed by atoms with Crippen molar-refractivity contribution < 1.29 is 0 Å². The Morgan fingerprint density at radius 1 is 1.27 bits per heavy atom. The van der Waals surface area contributed by atoms with Gasteiger partial charge in [0, 0.05) is 13.0 Å². The Bertz CT molecular complexity index is 306. The van der Waals surface area contributed by atoms with Crippen molar-refractivity contribution in [2.45, 2.75) is 44.6 Å². The fourth-order valence-corrected chi connectivity index (χ4v) is 2.49. The summed E-state index contributed by atoms with van der Waals surface area (Å²) in [4.78, 5) is 2.30. The second-order valence-electron chi connectivity index (χ2n) is 4.95. The molecule has 0 aromatic carbocycles. The average molecular weight is 203 g/mol. The van der Waals surface area contributed by atoms with Gasteiger partial charge in [0.05, 0.1) is 18.2 Å². The topological polar surface area (TPSA) is 50.8 Å². The van der Waals surface area contributed by atoms with Crippen LogP contribution in [0.5, 0.6) is 0 Å². The predicted molar refractivity (Wildman–Crippen MR) is 56.7 cm³/mol. The molecule has 1 saturated carbocycles. The molecule has 0 radical (unpaired) electrons. The summed E-state index contributed by atoms with van der Waals surface area (Å²) in [5.74, 6) is 0. The molecule has 0 spiro atoms. The van der Waals surface area contributed by atoms with E-state index in [1.165, 1.54) is 25.7 Å². The third kappa shape index (κ3) is 2.30. The van der Waals surface area contributed by atoms with Gasteiger partial charge in [-0.3, -0.25) is 4.90 Å². The molecule has 1 saturated heterocycles. The maximum atomic E-state index is 9.05. The van der Waals surface area contributed by atoms with E-state index in [9.17, 15) is 0 Å². The van der Waals surface area contributed by atoms with E-state index in [2.05, 4.69) is 17.0 Å². The van der Waals surface area contributed by atoms with E-state index in [1.54, 1.807) is 0 Å². The molecule has 0 aromatic heterocycles. The van der Waals surface area contributed by atoms with Crippen LogP contribution >= 0.6 is 0 Å². The zero-order chi connectivity index (χ0) is 10.7. The van der Waals surface area contributed by atoms with Crippen LogP contribution in [0, 0.1) is 28.1 Å². The van der Waals surface area contributed by atoms with Gasteiger partial charge in [-0.2, -0.15) is 10.5 Å². The number of nitriles is 2. The normalized spacial score (nSPS) is 29.1. The van der Waals surface area contributed by atoms with Crippen LogP contribution in [0.25, 0.3) is 0 Å². The van der Waals surface area contributed by atoms with Gasteiger partial charge in [0.2, 0.25) is 0 Å². The number of hydrogen-bond acceptors (Lipinski definition) is 3. The van der Waals surface area contributed by atoms with Crippen LogP contribution in [0.15, 0.2) is 0 Å². The van der Waals surface area contributed by atoms with Crippen molar-refractivity contribution in [2.24, 2.45) is 5.41 Å². The van der Waals surface area contributed by atoms with Crippen LogP contribution in [0.4, 0.5) is 0 Å². The highest BCUT2D eigenvalue weighted by Gasteiger charge is 2.44. The van der Waals surface area contributed by atoms with Crippen molar-refractivity contribution >= 4 is 0 Å². The van der Waals surface area contributed by atoms with E-state index >= 15 is 0 Å². The van der Waals surface area contributed by atoms with E-state index in [-0.39, 0.29) is 11.5 Å². The van der Waals surface area contributed by atoms with E-state index in [4.69, 9.17) is 10.5 Å². The summed E-state index contributed by atoms with van der Waals surface area (Å²) in [6, 6.07) is 4.78. The molecule has 3 nitrogen and oxygen atoms in total. The lowest BCUT2D eigenvalue weighted by molar-refractivity contribution is 0.150. The Kier molecular flexibility index (Phi) is 2.93. The first-order valence-electron chi connectivity index (χ1n) is 5.80. The molecular formula is C12H17N3. The third-order valence-electron chi connectivity index (χ3n) is 3.71. The summed E-state index contributed by atoms with van der Waals surface area (Å²) >= 11 is 0. The van der Waals surface area contributed by atoms with Crippen LogP contribution in [0.3, 0.4) is 0 Å². The van der Waals surface area contributed by atoms with E-state index in [0.717, 1.165) is 19.5 Å². The Morgan fingerprint density at radius 2 is 2.07 bits per heavy atom. The molecular weight excluding hydrogens is 186 g/mol. The molecule has 15 heavy (non-hydrogen) atoms. The van der Waals surface area contributed by atoms with Gasteiger partial charge in [0.15, 0.2) is 0 Å². The molecule has 1 heterocycles. The van der Waals surface area contributed by atoms with Crippen LogP contribution in [0.2, 0.25) is 0 Å². The van der Waals surface area contributed by atoms with Crippen molar-refractivity contribution in [3.8, 4) is 12.1 Å². The van der Waals surface area contributed by atoms with Crippen molar-refractivity contribution in [3.63, 3.8) is 0 Å². The molecule has 1 aliphatic carbocycles.